The summed E-state index contributed by atoms with van der Waals surface area (Å²) in [5, 5.41) is 7.48. The smallest absolute Gasteiger partial charge is 0.341 e. The van der Waals surface area contributed by atoms with Crippen LogP contribution in [-0.4, -0.2) is 31.1 Å². The molecule has 1 heterocycles. The molecule has 24 heavy (non-hydrogen) atoms. The summed E-state index contributed by atoms with van der Waals surface area (Å²) in [5.41, 5.74) is 2.39. The van der Waals surface area contributed by atoms with Crippen LogP contribution in [0.4, 0.5) is 14.5 Å². The van der Waals surface area contributed by atoms with Crippen LogP contribution in [0.5, 0.6) is 5.88 Å². The molecule has 0 aliphatic heterocycles. The van der Waals surface area contributed by atoms with Gasteiger partial charge in [-0.2, -0.15) is 13.9 Å². The van der Waals surface area contributed by atoms with Gasteiger partial charge in [-0.05, 0) is 30.7 Å². The van der Waals surface area contributed by atoms with E-state index in [4.69, 9.17) is 4.74 Å². The maximum Gasteiger partial charge on any atom is 0.341 e. The number of aromatic nitrogens is 2. The lowest BCUT2D eigenvalue weighted by molar-refractivity contribution is 0.234. The lowest BCUT2D eigenvalue weighted by Gasteiger charge is -2.09. The third kappa shape index (κ3) is 3.50. The first-order valence-electron chi connectivity index (χ1n) is 7.26. The fraction of sp³-hybridized carbons (Fsp3) is 0.400. The number of hydrogen-bond donors (Lipinski definition) is 1. The zero-order chi connectivity index (χ0) is 17.9. The van der Waals surface area contributed by atoms with Crippen molar-refractivity contribution in [3.8, 4) is 5.88 Å². The van der Waals surface area contributed by atoms with E-state index in [1.165, 1.54) is 12.1 Å². The lowest BCUT2D eigenvalue weighted by atomic mass is 10.2. The summed E-state index contributed by atoms with van der Waals surface area (Å²) < 4.78 is 54.8. The third-order valence-corrected chi connectivity index (χ3v) is 4.98. The summed E-state index contributed by atoms with van der Waals surface area (Å²) in [6.45, 7) is 2.40. The van der Waals surface area contributed by atoms with Gasteiger partial charge in [0.25, 0.3) is 0 Å². The van der Waals surface area contributed by atoms with E-state index in [9.17, 15) is 17.2 Å². The highest BCUT2D eigenvalue weighted by atomic mass is 32.2. The predicted molar refractivity (Wildman–Crippen MR) is 86.1 cm³/mol. The highest BCUT2D eigenvalue weighted by Gasteiger charge is 2.26. The number of anilines is 1. The number of halogens is 2. The van der Waals surface area contributed by atoms with Crippen LogP contribution >= 0.6 is 0 Å². The minimum atomic E-state index is -4.57. The second kappa shape index (κ2) is 7.16. The van der Waals surface area contributed by atoms with Crippen molar-refractivity contribution in [2.75, 3.05) is 12.4 Å². The molecule has 0 aliphatic carbocycles. The molecule has 1 N–H and O–H groups in total. The molecule has 9 heteroatoms. The van der Waals surface area contributed by atoms with Gasteiger partial charge in [0.05, 0.1) is 23.3 Å². The minimum absolute atomic E-state index is 0.406. The van der Waals surface area contributed by atoms with Gasteiger partial charge in [-0.15, -0.1) is 0 Å². The molecule has 0 amide bonds. The number of nitrogens with zero attached hydrogens (tertiary/aromatic N) is 2. The molecule has 0 unspecified atom stereocenters. The van der Waals surface area contributed by atoms with Crippen molar-refractivity contribution in [1.29, 1.82) is 0 Å². The number of aryl methyl sites for hydroxylation is 2. The molecule has 0 saturated carbocycles. The first kappa shape index (κ1) is 18.2. The first-order chi connectivity index (χ1) is 11.3. The van der Waals surface area contributed by atoms with Gasteiger partial charge >= 0.3 is 5.76 Å². The van der Waals surface area contributed by atoms with Crippen molar-refractivity contribution >= 4 is 15.5 Å². The van der Waals surface area contributed by atoms with Crippen molar-refractivity contribution in [3.63, 3.8) is 0 Å². The highest BCUT2D eigenvalue weighted by Crippen LogP contribution is 2.24. The fourth-order valence-electron chi connectivity index (χ4n) is 2.38. The Balaban J connectivity index is 2.17. The Morgan fingerprint density at radius 3 is 2.42 bits per heavy atom. The van der Waals surface area contributed by atoms with Crippen molar-refractivity contribution in [3.05, 3.63) is 35.5 Å². The van der Waals surface area contributed by atoms with Gasteiger partial charge in [-0.1, -0.05) is 6.92 Å². The van der Waals surface area contributed by atoms with Gasteiger partial charge in [-0.25, -0.2) is 13.1 Å². The molecule has 0 saturated heterocycles. The van der Waals surface area contributed by atoms with Crippen LogP contribution in [0.2, 0.25) is 0 Å². The van der Waals surface area contributed by atoms with E-state index < -0.39 is 20.5 Å². The molecule has 0 spiro atoms. The quantitative estimate of drug-likeness (QED) is 0.823. The molecule has 0 atom stereocenters. The summed E-state index contributed by atoms with van der Waals surface area (Å²) in [6.07, 6.45) is 0.736. The molecule has 0 aliphatic rings. The predicted octanol–water partition coefficient (Wildman–Crippen LogP) is 2.60. The van der Waals surface area contributed by atoms with Crippen molar-refractivity contribution in [2.24, 2.45) is 7.05 Å². The molecule has 1 aromatic carbocycles. The van der Waals surface area contributed by atoms with E-state index >= 15 is 0 Å². The van der Waals surface area contributed by atoms with Crippen LogP contribution in [-0.2, 0) is 29.9 Å². The summed E-state index contributed by atoms with van der Waals surface area (Å²) in [6, 6.07) is 5.21. The van der Waals surface area contributed by atoms with Gasteiger partial charge in [-0.3, -0.25) is 0 Å². The van der Waals surface area contributed by atoms with Crippen LogP contribution < -0.4 is 10.1 Å². The normalized spacial score (nSPS) is 11.8. The largest absolute Gasteiger partial charge is 0.481 e. The molecule has 132 valence electrons. The van der Waals surface area contributed by atoms with Crippen LogP contribution in [0, 0.1) is 0 Å². The average Bonchev–Trinajstić information content (AvgIpc) is 2.87. The molecule has 2 aromatic rings. The number of rotatable bonds is 7. The Labute approximate surface area is 139 Å². The van der Waals surface area contributed by atoms with Gasteiger partial charge < -0.3 is 10.1 Å². The maximum absolute atomic E-state index is 12.5. The van der Waals surface area contributed by atoms with Crippen molar-refractivity contribution in [1.82, 2.24) is 9.78 Å². The Bertz CT molecular complexity index is 802. The average molecular weight is 359 g/mol. The molecule has 0 fully saturated rings. The summed E-state index contributed by atoms with van der Waals surface area (Å²) >= 11 is 0. The lowest BCUT2D eigenvalue weighted by Crippen LogP contribution is -2.11. The molecular weight excluding hydrogens is 340 g/mol. The Morgan fingerprint density at radius 1 is 1.29 bits per heavy atom. The van der Waals surface area contributed by atoms with E-state index in [0.717, 1.165) is 29.8 Å². The van der Waals surface area contributed by atoms with Crippen LogP contribution in [0.15, 0.2) is 29.2 Å². The maximum atomic E-state index is 12.5. The van der Waals surface area contributed by atoms with Gasteiger partial charge in [0.1, 0.15) is 0 Å². The molecule has 0 radical (unpaired) electrons. The standard InChI is InChI=1S/C15H19F2N3O3S/c1-4-13-12(14(23-3)20(2)19-13)9-18-10-5-7-11(8-6-10)24(21,22)15(16)17/h5-8,15,18H,4,9H2,1-3H3. The third-order valence-electron chi connectivity index (χ3n) is 3.59. The minimum Gasteiger partial charge on any atom is -0.481 e. The van der Waals surface area contributed by atoms with Crippen LogP contribution in [0.1, 0.15) is 18.2 Å². The number of alkyl halides is 2. The Hall–Kier alpha value is -2.16. The number of ether oxygens (including phenoxy) is 1. The van der Waals surface area contributed by atoms with Gasteiger partial charge in [0, 0.05) is 19.3 Å². The zero-order valence-corrected chi connectivity index (χ0v) is 14.4. The summed E-state index contributed by atoms with van der Waals surface area (Å²) in [4.78, 5) is -0.406. The van der Waals surface area contributed by atoms with E-state index in [0.29, 0.717) is 18.1 Å². The fourth-order valence-corrected chi connectivity index (χ4v) is 3.10. The SMILES string of the molecule is CCc1nn(C)c(OC)c1CNc1ccc(S(=O)(=O)C(F)F)cc1. The van der Waals surface area contributed by atoms with E-state index in [1.807, 2.05) is 6.92 Å². The number of sulfone groups is 1. The molecule has 1 aromatic heterocycles. The number of hydrogen-bond acceptors (Lipinski definition) is 5. The number of benzene rings is 1. The van der Waals surface area contributed by atoms with E-state index in [1.54, 1.807) is 18.8 Å². The number of methoxy groups -OCH3 is 1. The Morgan fingerprint density at radius 2 is 1.92 bits per heavy atom. The van der Waals surface area contributed by atoms with Crippen molar-refractivity contribution < 1.29 is 21.9 Å². The topological polar surface area (TPSA) is 73.2 Å². The molecule has 6 nitrogen and oxygen atoms in total. The summed E-state index contributed by atoms with van der Waals surface area (Å²) in [7, 11) is -1.23. The highest BCUT2D eigenvalue weighted by molar-refractivity contribution is 7.91. The van der Waals surface area contributed by atoms with Gasteiger partial charge in [0.15, 0.2) is 0 Å². The molecule has 0 bridgehead atoms. The Kier molecular flexibility index (Phi) is 5.43. The van der Waals surface area contributed by atoms with E-state index in [-0.39, 0.29) is 0 Å². The monoisotopic (exact) mass is 359 g/mol. The van der Waals surface area contributed by atoms with E-state index in [2.05, 4.69) is 10.4 Å². The second-order valence-corrected chi connectivity index (χ2v) is 7.01. The van der Waals surface area contributed by atoms with Crippen LogP contribution in [0.25, 0.3) is 0 Å². The summed E-state index contributed by atoms with van der Waals surface area (Å²) in [5.74, 6) is -2.79. The molecular formula is C15H19F2N3O3S. The first-order valence-corrected chi connectivity index (χ1v) is 8.80. The second-order valence-electron chi connectivity index (χ2n) is 5.10. The van der Waals surface area contributed by atoms with Gasteiger partial charge in [0.2, 0.25) is 15.7 Å². The zero-order valence-electron chi connectivity index (χ0n) is 13.6. The number of nitrogens with one attached hydrogen (secondary N) is 1. The van der Waals surface area contributed by atoms with Crippen LogP contribution in [0.3, 0.4) is 0 Å². The molecule has 2 rings (SSSR count). The van der Waals surface area contributed by atoms with Crippen molar-refractivity contribution in [2.45, 2.75) is 30.5 Å².